The summed E-state index contributed by atoms with van der Waals surface area (Å²) in [6.45, 7) is 0. The van der Waals surface area contributed by atoms with E-state index in [1.54, 1.807) is 0 Å². The number of benzene rings is 8. The Morgan fingerprint density at radius 1 is 0.314 bits per heavy atom. The molecule has 10 rings (SSSR count). The summed E-state index contributed by atoms with van der Waals surface area (Å²) in [7, 11) is 0. The van der Waals surface area contributed by atoms with Crippen LogP contribution in [0.15, 0.2) is 180 Å². The van der Waals surface area contributed by atoms with Crippen LogP contribution in [-0.2, 0) is 0 Å². The van der Waals surface area contributed by atoms with Gasteiger partial charge in [0.1, 0.15) is 11.2 Å². The van der Waals surface area contributed by atoms with Crippen LogP contribution in [0.5, 0.6) is 0 Å². The zero-order valence-electron chi connectivity index (χ0n) is 27.5. The van der Waals surface area contributed by atoms with E-state index in [9.17, 15) is 0 Å². The van der Waals surface area contributed by atoms with Crippen LogP contribution in [0.3, 0.4) is 0 Å². The Kier molecular flexibility index (Phi) is 6.78. The van der Waals surface area contributed by atoms with Crippen molar-refractivity contribution in [2.24, 2.45) is 0 Å². The van der Waals surface area contributed by atoms with E-state index < -0.39 is 0 Å². The van der Waals surface area contributed by atoms with Crippen molar-refractivity contribution in [1.29, 1.82) is 0 Å². The summed E-state index contributed by atoms with van der Waals surface area (Å²) in [6.07, 6.45) is 0. The van der Waals surface area contributed by atoms with Crippen LogP contribution in [0, 0.1) is 0 Å². The van der Waals surface area contributed by atoms with Crippen molar-refractivity contribution >= 4 is 43.5 Å². The van der Waals surface area contributed by atoms with Crippen LogP contribution >= 0.6 is 0 Å². The highest BCUT2D eigenvalue weighted by Crippen LogP contribution is 2.39. The van der Waals surface area contributed by atoms with Crippen molar-refractivity contribution < 1.29 is 4.42 Å². The third-order valence-electron chi connectivity index (χ3n) is 9.71. The summed E-state index contributed by atoms with van der Waals surface area (Å²) in [4.78, 5) is 15.4. The highest BCUT2D eigenvalue weighted by Gasteiger charge is 2.19. The van der Waals surface area contributed by atoms with E-state index in [0.717, 1.165) is 60.7 Å². The second-order valence-corrected chi connectivity index (χ2v) is 12.9. The molecule has 238 valence electrons. The van der Waals surface area contributed by atoms with Gasteiger partial charge in [-0.25, -0.2) is 15.0 Å². The summed E-state index contributed by atoms with van der Waals surface area (Å²) in [5.41, 5.74) is 8.95. The van der Waals surface area contributed by atoms with Crippen LogP contribution in [0.2, 0.25) is 0 Å². The van der Waals surface area contributed by atoms with Crippen LogP contribution < -0.4 is 0 Å². The third-order valence-corrected chi connectivity index (χ3v) is 9.71. The lowest BCUT2D eigenvalue weighted by molar-refractivity contribution is 0.669. The van der Waals surface area contributed by atoms with Crippen LogP contribution in [0.25, 0.3) is 99.9 Å². The van der Waals surface area contributed by atoms with Gasteiger partial charge >= 0.3 is 0 Å². The third kappa shape index (κ3) is 5.22. The average molecular weight is 652 g/mol. The molecule has 8 aromatic carbocycles. The summed E-state index contributed by atoms with van der Waals surface area (Å²) in [5, 5.41) is 6.76. The van der Waals surface area contributed by atoms with Crippen molar-refractivity contribution in [3.63, 3.8) is 0 Å². The Bertz CT molecular complexity index is 2910. The predicted octanol–water partition coefficient (Wildman–Crippen LogP) is 12.4. The molecule has 0 aliphatic rings. The highest BCUT2D eigenvalue weighted by atomic mass is 16.3. The maximum atomic E-state index is 6.39. The number of hydrogen-bond acceptors (Lipinski definition) is 4. The first-order valence-corrected chi connectivity index (χ1v) is 17.1. The number of hydrogen-bond donors (Lipinski definition) is 0. The van der Waals surface area contributed by atoms with Gasteiger partial charge in [0.2, 0.25) is 0 Å². The lowest BCUT2D eigenvalue weighted by Crippen LogP contribution is -2.00. The monoisotopic (exact) mass is 651 g/mol. The second-order valence-electron chi connectivity index (χ2n) is 12.9. The van der Waals surface area contributed by atoms with Gasteiger partial charge in [-0.15, -0.1) is 0 Å². The minimum atomic E-state index is 0.597. The van der Waals surface area contributed by atoms with Gasteiger partial charge in [-0.3, -0.25) is 0 Å². The smallest absolute Gasteiger partial charge is 0.164 e. The van der Waals surface area contributed by atoms with E-state index in [-0.39, 0.29) is 0 Å². The number of fused-ring (bicyclic) bond motifs is 5. The first kappa shape index (κ1) is 29.0. The van der Waals surface area contributed by atoms with Gasteiger partial charge in [0, 0.05) is 27.5 Å². The number of rotatable bonds is 5. The van der Waals surface area contributed by atoms with Gasteiger partial charge in [0.15, 0.2) is 17.5 Å². The molecule has 10 aromatic rings. The summed E-state index contributed by atoms with van der Waals surface area (Å²) in [5.74, 6) is 1.83. The van der Waals surface area contributed by atoms with Crippen molar-refractivity contribution in [1.82, 2.24) is 15.0 Å². The molecule has 0 atom stereocenters. The zero-order chi connectivity index (χ0) is 33.7. The van der Waals surface area contributed by atoms with E-state index >= 15 is 0 Å². The summed E-state index contributed by atoms with van der Waals surface area (Å²) in [6, 6.07) is 61.2. The van der Waals surface area contributed by atoms with Crippen molar-refractivity contribution in [2.45, 2.75) is 0 Å². The molecule has 0 saturated carbocycles. The molecule has 0 fully saturated rings. The summed E-state index contributed by atoms with van der Waals surface area (Å²) >= 11 is 0. The van der Waals surface area contributed by atoms with Gasteiger partial charge in [0.05, 0.1) is 0 Å². The Hall–Kier alpha value is -6.91. The Labute approximate surface area is 294 Å². The minimum Gasteiger partial charge on any atom is -0.456 e. The Morgan fingerprint density at radius 3 is 1.59 bits per heavy atom. The van der Waals surface area contributed by atoms with E-state index in [2.05, 4.69) is 158 Å². The molecule has 0 aliphatic heterocycles. The standard InChI is InChI=1S/C47H29N3O/c1-2-9-30(10-3-1)38-25-26-42-41(29-38)44-40(15-8-16-43(44)51-42)47-49-45(48-46(50-47)39-24-20-32-12-5-7-14-36(32)28-39)34-21-17-33(18-22-34)37-23-19-31-11-4-6-13-35(31)27-37/h1-29H. The molecule has 0 aliphatic carbocycles. The normalized spacial score (nSPS) is 11.5. The molecule has 0 amide bonds. The Morgan fingerprint density at radius 2 is 0.843 bits per heavy atom. The van der Waals surface area contributed by atoms with Gasteiger partial charge in [-0.2, -0.15) is 0 Å². The number of nitrogens with zero attached hydrogens (tertiary/aromatic N) is 3. The molecule has 2 heterocycles. The molecule has 2 aromatic heterocycles. The molecule has 0 bridgehead atoms. The van der Waals surface area contributed by atoms with Crippen LogP contribution in [0.4, 0.5) is 0 Å². The molecule has 4 heteroatoms. The second kappa shape index (κ2) is 11.9. The lowest BCUT2D eigenvalue weighted by atomic mass is 10.00. The molecule has 0 N–H and O–H groups in total. The fourth-order valence-electron chi connectivity index (χ4n) is 7.09. The highest BCUT2D eigenvalue weighted by molar-refractivity contribution is 6.12. The molecule has 0 saturated heterocycles. The van der Waals surface area contributed by atoms with E-state index in [1.165, 1.54) is 21.7 Å². The van der Waals surface area contributed by atoms with E-state index in [1.807, 2.05) is 18.2 Å². The maximum absolute atomic E-state index is 6.39. The van der Waals surface area contributed by atoms with Crippen molar-refractivity contribution in [2.75, 3.05) is 0 Å². The molecular formula is C47H29N3O. The fourth-order valence-corrected chi connectivity index (χ4v) is 7.09. The lowest BCUT2D eigenvalue weighted by Gasteiger charge is -2.11. The topological polar surface area (TPSA) is 51.8 Å². The largest absolute Gasteiger partial charge is 0.456 e. The molecule has 0 radical (unpaired) electrons. The van der Waals surface area contributed by atoms with Crippen LogP contribution in [0.1, 0.15) is 0 Å². The first-order valence-electron chi connectivity index (χ1n) is 17.1. The number of furan rings is 1. The maximum Gasteiger partial charge on any atom is 0.164 e. The quantitative estimate of drug-likeness (QED) is 0.186. The summed E-state index contributed by atoms with van der Waals surface area (Å²) < 4.78 is 6.39. The van der Waals surface area contributed by atoms with Gasteiger partial charge < -0.3 is 4.42 Å². The molecule has 0 unspecified atom stereocenters. The predicted molar refractivity (Wildman–Crippen MR) is 209 cm³/mol. The van der Waals surface area contributed by atoms with Crippen molar-refractivity contribution in [3.8, 4) is 56.4 Å². The van der Waals surface area contributed by atoms with E-state index in [0.29, 0.717) is 17.5 Å². The van der Waals surface area contributed by atoms with E-state index in [4.69, 9.17) is 19.4 Å². The molecule has 0 spiro atoms. The number of aromatic nitrogens is 3. The fraction of sp³-hybridized carbons (Fsp3) is 0. The van der Waals surface area contributed by atoms with Crippen LogP contribution in [-0.4, -0.2) is 15.0 Å². The zero-order valence-corrected chi connectivity index (χ0v) is 27.5. The molecular weight excluding hydrogens is 623 g/mol. The van der Waals surface area contributed by atoms with Gasteiger partial charge in [-0.1, -0.05) is 146 Å². The average Bonchev–Trinajstić information content (AvgIpc) is 3.59. The molecule has 51 heavy (non-hydrogen) atoms. The van der Waals surface area contributed by atoms with Gasteiger partial charge in [0.25, 0.3) is 0 Å². The SMILES string of the molecule is c1ccc(-c2ccc3oc4cccc(-c5nc(-c6ccc(-c7ccc8ccccc8c7)cc6)nc(-c6ccc7ccccc7c6)n5)c4c3c2)cc1. The molecule has 4 nitrogen and oxygen atoms in total. The first-order chi connectivity index (χ1) is 25.2. The minimum absolute atomic E-state index is 0.597. The Balaban J connectivity index is 1.15. The van der Waals surface area contributed by atoms with Crippen molar-refractivity contribution in [3.05, 3.63) is 176 Å². The van der Waals surface area contributed by atoms with Gasteiger partial charge in [-0.05, 0) is 74.1 Å².